The van der Waals surface area contributed by atoms with Crippen molar-refractivity contribution in [3.63, 3.8) is 0 Å². The van der Waals surface area contributed by atoms with Gasteiger partial charge in [0.25, 0.3) is 0 Å². The van der Waals surface area contributed by atoms with Crippen LogP contribution in [0.5, 0.6) is 0 Å². The number of carbonyl (C=O) groups is 3. The normalized spacial score (nSPS) is 15.0. The molecule has 1 heterocycles. The van der Waals surface area contributed by atoms with Crippen LogP contribution in [0.4, 0.5) is 21.0 Å². The maximum Gasteiger partial charge on any atom is 0.338 e. The summed E-state index contributed by atoms with van der Waals surface area (Å²) < 4.78 is 5.44. The number of anilines is 2. The molecule has 0 saturated heterocycles. The highest BCUT2D eigenvalue weighted by Crippen LogP contribution is 2.37. The number of amides is 4. The van der Waals surface area contributed by atoms with E-state index in [2.05, 4.69) is 16.0 Å². The van der Waals surface area contributed by atoms with Gasteiger partial charge in [0.1, 0.15) is 0 Å². The molecule has 3 aromatic rings. The topological polar surface area (TPSA) is 99.8 Å². The number of benzene rings is 3. The Balaban J connectivity index is 1.64. The summed E-state index contributed by atoms with van der Waals surface area (Å²) in [6.45, 7) is 4.33. The predicted molar refractivity (Wildman–Crippen MR) is 154 cm³/mol. The number of carbonyl (C=O) groups excluding carboxylic acids is 3. The number of rotatable bonds is 8. The number of ether oxygens (including phenoxy) is 1. The van der Waals surface area contributed by atoms with Gasteiger partial charge in [-0.15, -0.1) is 0 Å². The third-order valence-electron chi connectivity index (χ3n) is 6.00. The molecule has 0 spiro atoms. The van der Waals surface area contributed by atoms with E-state index < -0.39 is 18.0 Å². The molecule has 202 valence electrons. The highest BCUT2D eigenvalue weighted by Gasteiger charge is 2.38. The number of halogens is 2. The average molecular weight is 567 g/mol. The summed E-state index contributed by atoms with van der Waals surface area (Å²) in [4.78, 5) is 40.6. The zero-order valence-electron chi connectivity index (χ0n) is 21.5. The molecular formula is C29H28Cl2N4O4. The molecule has 39 heavy (non-hydrogen) atoms. The highest BCUT2D eigenvalue weighted by molar-refractivity contribution is 6.42. The van der Waals surface area contributed by atoms with E-state index in [-0.39, 0.29) is 12.6 Å². The Hall–Kier alpha value is -4.01. The van der Waals surface area contributed by atoms with Crippen molar-refractivity contribution in [1.82, 2.24) is 10.2 Å². The quantitative estimate of drug-likeness (QED) is 0.253. The number of nitrogens with one attached hydrogen (secondary N) is 3. The first-order chi connectivity index (χ1) is 18.8. The van der Waals surface area contributed by atoms with E-state index in [9.17, 15) is 14.4 Å². The summed E-state index contributed by atoms with van der Waals surface area (Å²) in [5.74, 6) is -0.509. The van der Waals surface area contributed by atoms with Crippen LogP contribution >= 0.6 is 23.2 Å². The molecule has 1 aliphatic rings. The van der Waals surface area contributed by atoms with Crippen molar-refractivity contribution in [2.24, 2.45) is 0 Å². The monoisotopic (exact) mass is 566 g/mol. The molecule has 0 saturated carbocycles. The lowest BCUT2D eigenvalue weighted by molar-refractivity contribution is -0.138. The fraction of sp³-hybridized carbons (Fsp3) is 0.207. The zero-order valence-corrected chi connectivity index (χ0v) is 23.0. The summed E-state index contributed by atoms with van der Waals surface area (Å²) in [7, 11) is 0. The average Bonchev–Trinajstić information content (AvgIpc) is 2.92. The minimum absolute atomic E-state index is 0.190. The molecule has 0 bridgehead atoms. The number of hydrogen-bond donors (Lipinski definition) is 3. The van der Waals surface area contributed by atoms with Crippen molar-refractivity contribution >= 4 is 58.3 Å². The molecule has 0 aromatic heterocycles. The molecule has 1 aliphatic heterocycles. The smallest absolute Gasteiger partial charge is 0.338 e. The lowest BCUT2D eigenvalue weighted by Gasteiger charge is -2.36. The van der Waals surface area contributed by atoms with Crippen molar-refractivity contribution < 1.29 is 19.1 Å². The number of esters is 1. The van der Waals surface area contributed by atoms with Gasteiger partial charge in [-0.3, -0.25) is 4.90 Å². The molecule has 4 amide bonds. The first-order valence-electron chi connectivity index (χ1n) is 12.5. The van der Waals surface area contributed by atoms with E-state index in [0.717, 1.165) is 5.56 Å². The first-order valence-corrected chi connectivity index (χ1v) is 13.3. The Kier molecular flexibility index (Phi) is 9.11. The number of urea groups is 2. The Morgan fingerprint density at radius 1 is 0.923 bits per heavy atom. The summed E-state index contributed by atoms with van der Waals surface area (Å²) in [5.41, 5.74) is 3.26. The van der Waals surface area contributed by atoms with Crippen LogP contribution in [0.2, 0.25) is 10.0 Å². The molecule has 0 fully saturated rings. The molecule has 3 N–H and O–H groups in total. The third kappa shape index (κ3) is 6.53. The van der Waals surface area contributed by atoms with Crippen LogP contribution in [0.25, 0.3) is 5.70 Å². The van der Waals surface area contributed by atoms with Gasteiger partial charge in [-0.25, -0.2) is 14.4 Å². The van der Waals surface area contributed by atoms with Crippen LogP contribution in [-0.4, -0.2) is 36.1 Å². The molecule has 0 aliphatic carbocycles. The molecule has 1 unspecified atom stereocenters. The van der Waals surface area contributed by atoms with Crippen molar-refractivity contribution in [1.29, 1.82) is 0 Å². The van der Waals surface area contributed by atoms with E-state index in [4.69, 9.17) is 27.9 Å². The Morgan fingerprint density at radius 2 is 1.59 bits per heavy atom. The molecule has 0 radical (unpaired) electrons. The minimum Gasteiger partial charge on any atom is -0.463 e. The summed E-state index contributed by atoms with van der Waals surface area (Å²) in [6, 6.07) is 19.5. The van der Waals surface area contributed by atoms with E-state index >= 15 is 0 Å². The second-order valence-electron chi connectivity index (χ2n) is 8.71. The fourth-order valence-electron chi connectivity index (χ4n) is 4.30. The van der Waals surface area contributed by atoms with Crippen LogP contribution in [0.1, 0.15) is 37.4 Å². The van der Waals surface area contributed by atoms with Gasteiger partial charge in [0.15, 0.2) is 0 Å². The van der Waals surface area contributed by atoms with Crippen molar-refractivity contribution in [3.8, 4) is 0 Å². The number of hydrogen-bond acceptors (Lipinski definition) is 4. The SMILES string of the molecule is CCCN1C(=O)NC(c2ccc(NC(=O)Nc3ccc(Cl)c(Cl)c3)cc2)C(C(=O)OCC)=C1c1ccccc1. The van der Waals surface area contributed by atoms with Gasteiger partial charge >= 0.3 is 18.0 Å². The van der Waals surface area contributed by atoms with Crippen molar-refractivity contribution in [2.45, 2.75) is 26.3 Å². The molecule has 3 aromatic carbocycles. The van der Waals surface area contributed by atoms with Crippen LogP contribution in [-0.2, 0) is 9.53 Å². The third-order valence-corrected chi connectivity index (χ3v) is 6.73. The van der Waals surface area contributed by atoms with Crippen molar-refractivity contribution in [3.05, 3.63) is 99.5 Å². The molecule has 4 rings (SSSR count). The van der Waals surface area contributed by atoms with Crippen LogP contribution in [0.3, 0.4) is 0 Å². The van der Waals surface area contributed by atoms with Gasteiger partial charge in [0, 0.05) is 17.9 Å². The standard InChI is InChI=1S/C29H28Cl2N4O4/c1-3-16-35-26(19-8-6-5-7-9-19)24(27(36)39-4-2)25(34-29(35)38)18-10-12-20(13-11-18)32-28(37)33-21-14-15-22(30)23(31)17-21/h5-15,17,25H,3-4,16H2,1-2H3,(H,34,38)(H2,32,33,37). The maximum absolute atomic E-state index is 13.3. The van der Waals surface area contributed by atoms with E-state index in [0.29, 0.717) is 51.2 Å². The molecule has 10 heteroatoms. The summed E-state index contributed by atoms with van der Waals surface area (Å²) in [6.07, 6.45) is 0.704. The van der Waals surface area contributed by atoms with Gasteiger partial charge in [0.05, 0.1) is 34.0 Å². The van der Waals surface area contributed by atoms with Gasteiger partial charge in [0.2, 0.25) is 0 Å². The van der Waals surface area contributed by atoms with Gasteiger partial charge in [-0.05, 0) is 54.8 Å². The van der Waals surface area contributed by atoms with Crippen LogP contribution in [0, 0.1) is 0 Å². The maximum atomic E-state index is 13.3. The fourth-order valence-corrected chi connectivity index (χ4v) is 4.60. The predicted octanol–water partition coefficient (Wildman–Crippen LogP) is 7.09. The summed E-state index contributed by atoms with van der Waals surface area (Å²) >= 11 is 11.9. The van der Waals surface area contributed by atoms with E-state index in [1.54, 1.807) is 54.3 Å². The molecule has 1 atom stereocenters. The van der Waals surface area contributed by atoms with E-state index in [1.807, 2.05) is 37.3 Å². The number of nitrogens with zero attached hydrogens (tertiary/aromatic N) is 1. The molecular weight excluding hydrogens is 539 g/mol. The first kappa shape index (κ1) is 28.0. The van der Waals surface area contributed by atoms with Gasteiger partial charge < -0.3 is 20.7 Å². The molecule has 8 nitrogen and oxygen atoms in total. The second-order valence-corrected chi connectivity index (χ2v) is 9.53. The van der Waals surface area contributed by atoms with Crippen LogP contribution in [0.15, 0.2) is 78.4 Å². The lowest BCUT2D eigenvalue weighted by Crippen LogP contribution is -2.48. The van der Waals surface area contributed by atoms with Gasteiger partial charge in [-0.2, -0.15) is 0 Å². The Labute approximate surface area is 236 Å². The van der Waals surface area contributed by atoms with Crippen molar-refractivity contribution in [2.75, 3.05) is 23.8 Å². The minimum atomic E-state index is -0.751. The second kappa shape index (κ2) is 12.7. The largest absolute Gasteiger partial charge is 0.463 e. The zero-order chi connectivity index (χ0) is 27.9. The van der Waals surface area contributed by atoms with Crippen LogP contribution < -0.4 is 16.0 Å². The van der Waals surface area contributed by atoms with E-state index in [1.165, 1.54) is 0 Å². The highest BCUT2D eigenvalue weighted by atomic mass is 35.5. The Bertz CT molecular complexity index is 1390. The lowest BCUT2D eigenvalue weighted by atomic mass is 9.91. The van der Waals surface area contributed by atoms with Gasteiger partial charge in [-0.1, -0.05) is 72.6 Å². The Morgan fingerprint density at radius 3 is 2.23 bits per heavy atom. The summed E-state index contributed by atoms with van der Waals surface area (Å²) in [5, 5.41) is 9.12.